The van der Waals surface area contributed by atoms with Crippen LogP contribution in [0, 0.1) is 0 Å². The Balaban J connectivity index is 2.47. The van der Waals surface area contributed by atoms with Crippen molar-refractivity contribution in [3.05, 3.63) is 40.2 Å². The molecule has 1 heterocycles. The molecule has 0 saturated carbocycles. The number of hydrogen-bond donors (Lipinski definition) is 0. The topological polar surface area (TPSA) is 49.7 Å². The number of unbranched alkanes of at least 4 members (excludes halogenated alkanes) is 1. The normalized spacial score (nSPS) is 10.6. The molecule has 0 fully saturated rings. The van der Waals surface area contributed by atoms with E-state index in [0.29, 0.717) is 19.0 Å². The van der Waals surface area contributed by atoms with Crippen molar-refractivity contribution in [2.24, 2.45) is 7.05 Å². The van der Waals surface area contributed by atoms with Crippen molar-refractivity contribution in [1.82, 2.24) is 4.57 Å². The number of pyridine rings is 1. The lowest BCUT2D eigenvalue weighted by molar-refractivity contribution is 0.309. The van der Waals surface area contributed by atoms with E-state index in [4.69, 9.17) is 14.2 Å². The lowest BCUT2D eigenvalue weighted by Crippen LogP contribution is -2.21. The van der Waals surface area contributed by atoms with Gasteiger partial charge < -0.3 is 18.8 Å². The molecule has 0 aliphatic heterocycles. The first kappa shape index (κ1) is 18.9. The number of nitrogens with zero attached hydrogens (tertiary/aromatic N) is 1. The third kappa shape index (κ3) is 4.35. The van der Waals surface area contributed by atoms with E-state index in [9.17, 15) is 4.79 Å². The zero-order chi connectivity index (χ0) is 18.4. The number of aryl methyl sites for hydroxylation is 1. The number of methoxy groups -OCH3 is 1. The van der Waals surface area contributed by atoms with E-state index in [2.05, 4.69) is 6.92 Å². The van der Waals surface area contributed by atoms with Gasteiger partial charge in [0.2, 0.25) is 5.75 Å². The van der Waals surface area contributed by atoms with Crippen molar-refractivity contribution in [2.75, 3.05) is 20.3 Å². The predicted molar refractivity (Wildman–Crippen MR) is 101 cm³/mol. The van der Waals surface area contributed by atoms with E-state index in [0.717, 1.165) is 35.1 Å². The van der Waals surface area contributed by atoms with Gasteiger partial charge in [0.25, 0.3) is 5.56 Å². The van der Waals surface area contributed by atoms with E-state index in [1.54, 1.807) is 18.7 Å². The maximum Gasteiger partial charge on any atom is 0.297 e. The molecule has 25 heavy (non-hydrogen) atoms. The molecule has 136 valence electrons. The number of hydrogen-bond acceptors (Lipinski definition) is 4. The Bertz CT molecular complexity index is 817. The molecule has 0 aliphatic carbocycles. The molecule has 5 heteroatoms. The van der Waals surface area contributed by atoms with Crippen molar-refractivity contribution in [2.45, 2.75) is 33.6 Å². The van der Waals surface area contributed by atoms with E-state index in [-0.39, 0.29) is 11.3 Å². The number of rotatable bonds is 8. The molecular formula is C20H27NO4. The molecule has 0 radical (unpaired) electrons. The molecule has 2 rings (SSSR count). The van der Waals surface area contributed by atoms with Gasteiger partial charge in [0.05, 0.1) is 19.2 Å². The van der Waals surface area contributed by atoms with E-state index in [1.165, 1.54) is 0 Å². The summed E-state index contributed by atoms with van der Waals surface area (Å²) in [6.07, 6.45) is 4.00. The van der Waals surface area contributed by atoms with Gasteiger partial charge in [-0.05, 0) is 38.5 Å². The summed E-state index contributed by atoms with van der Waals surface area (Å²) in [5.74, 6) is 1.44. The average molecular weight is 345 g/mol. The maximum absolute atomic E-state index is 12.7. The molecule has 5 nitrogen and oxygen atoms in total. The van der Waals surface area contributed by atoms with Gasteiger partial charge in [-0.1, -0.05) is 18.9 Å². The first-order valence-electron chi connectivity index (χ1n) is 8.59. The first-order chi connectivity index (χ1) is 12.0. The second-order valence-corrected chi connectivity index (χ2v) is 6.20. The van der Waals surface area contributed by atoms with Crippen molar-refractivity contribution < 1.29 is 14.2 Å². The standard InChI is InChI=1S/C20H27NO4/c1-6-7-11-24-15-8-9-16-17(13-15)21(4)20(22)19(18(16)23-5)25-12-10-14(2)3/h8-10,13H,6-7,11-12H2,1-5H3. The van der Waals surface area contributed by atoms with Crippen LogP contribution in [0.15, 0.2) is 34.6 Å². The fourth-order valence-corrected chi connectivity index (χ4v) is 2.51. The van der Waals surface area contributed by atoms with E-state index < -0.39 is 0 Å². The Morgan fingerprint density at radius 1 is 1.20 bits per heavy atom. The van der Waals surface area contributed by atoms with Crippen LogP contribution in [0.25, 0.3) is 10.9 Å². The molecule has 0 saturated heterocycles. The van der Waals surface area contributed by atoms with Crippen LogP contribution in [0.2, 0.25) is 0 Å². The molecule has 2 aromatic rings. The minimum Gasteiger partial charge on any atom is -0.494 e. The fraction of sp³-hybridized carbons (Fsp3) is 0.450. The van der Waals surface area contributed by atoms with Crippen LogP contribution in [0.4, 0.5) is 0 Å². The third-order valence-electron chi connectivity index (χ3n) is 3.97. The smallest absolute Gasteiger partial charge is 0.297 e. The Labute approximate surface area is 148 Å². The molecule has 0 spiro atoms. The maximum atomic E-state index is 12.7. The third-order valence-corrected chi connectivity index (χ3v) is 3.97. The van der Waals surface area contributed by atoms with Crippen LogP contribution in [-0.4, -0.2) is 24.9 Å². The average Bonchev–Trinajstić information content (AvgIpc) is 2.59. The predicted octanol–water partition coefficient (Wildman–Crippen LogP) is 4.07. The van der Waals surface area contributed by atoms with Crippen LogP contribution >= 0.6 is 0 Å². The van der Waals surface area contributed by atoms with Gasteiger partial charge in [-0.25, -0.2) is 0 Å². The van der Waals surface area contributed by atoms with Crippen molar-refractivity contribution >= 4 is 10.9 Å². The van der Waals surface area contributed by atoms with Crippen LogP contribution in [0.1, 0.15) is 33.6 Å². The summed E-state index contributed by atoms with van der Waals surface area (Å²) in [5, 5.41) is 0.819. The number of benzene rings is 1. The van der Waals surface area contributed by atoms with Crippen molar-refractivity contribution in [3.8, 4) is 17.2 Å². The summed E-state index contributed by atoms with van der Waals surface area (Å²) in [5.41, 5.74) is 1.66. The molecule has 0 aliphatic rings. The van der Waals surface area contributed by atoms with Crippen LogP contribution in [-0.2, 0) is 7.05 Å². The number of aromatic nitrogens is 1. The zero-order valence-electron chi connectivity index (χ0n) is 15.7. The Morgan fingerprint density at radius 2 is 1.96 bits per heavy atom. The second kappa shape index (κ2) is 8.60. The molecule has 1 aromatic carbocycles. The second-order valence-electron chi connectivity index (χ2n) is 6.20. The molecule has 1 aromatic heterocycles. The van der Waals surface area contributed by atoms with Crippen molar-refractivity contribution in [3.63, 3.8) is 0 Å². The number of allylic oxidation sites excluding steroid dienone is 1. The zero-order valence-corrected chi connectivity index (χ0v) is 15.7. The molecule has 0 amide bonds. The van der Waals surface area contributed by atoms with E-state index in [1.807, 2.05) is 38.1 Å². The molecule has 0 unspecified atom stereocenters. The molecular weight excluding hydrogens is 318 g/mol. The number of fused-ring (bicyclic) bond motifs is 1. The highest BCUT2D eigenvalue weighted by Crippen LogP contribution is 2.34. The fourth-order valence-electron chi connectivity index (χ4n) is 2.51. The highest BCUT2D eigenvalue weighted by molar-refractivity contribution is 5.89. The monoisotopic (exact) mass is 345 g/mol. The van der Waals surface area contributed by atoms with Gasteiger partial charge >= 0.3 is 0 Å². The lowest BCUT2D eigenvalue weighted by Gasteiger charge is -2.15. The van der Waals surface area contributed by atoms with E-state index >= 15 is 0 Å². The van der Waals surface area contributed by atoms with Gasteiger partial charge in [-0.2, -0.15) is 0 Å². The Hall–Kier alpha value is -2.43. The highest BCUT2D eigenvalue weighted by Gasteiger charge is 2.17. The Morgan fingerprint density at radius 3 is 2.60 bits per heavy atom. The lowest BCUT2D eigenvalue weighted by atomic mass is 10.1. The quantitative estimate of drug-likeness (QED) is 0.534. The summed E-state index contributed by atoms with van der Waals surface area (Å²) in [6.45, 7) is 7.09. The summed E-state index contributed by atoms with van der Waals surface area (Å²) < 4.78 is 18.5. The minimum absolute atomic E-state index is 0.225. The summed E-state index contributed by atoms with van der Waals surface area (Å²) in [6, 6.07) is 5.67. The SMILES string of the molecule is CCCCOc1ccc2c(OC)c(OCC=C(C)C)c(=O)n(C)c2c1. The summed E-state index contributed by atoms with van der Waals surface area (Å²) >= 11 is 0. The largest absolute Gasteiger partial charge is 0.494 e. The van der Waals surface area contributed by atoms with Crippen LogP contribution in [0.3, 0.4) is 0 Å². The van der Waals surface area contributed by atoms with Crippen LogP contribution < -0.4 is 19.8 Å². The number of ether oxygens (including phenoxy) is 3. The van der Waals surface area contributed by atoms with Crippen molar-refractivity contribution in [1.29, 1.82) is 0 Å². The van der Waals surface area contributed by atoms with Crippen LogP contribution in [0.5, 0.6) is 17.2 Å². The van der Waals surface area contributed by atoms with Gasteiger partial charge in [-0.15, -0.1) is 0 Å². The first-order valence-corrected chi connectivity index (χ1v) is 8.59. The summed E-state index contributed by atoms with van der Waals surface area (Å²) in [4.78, 5) is 12.7. The molecule has 0 N–H and O–H groups in total. The van der Waals surface area contributed by atoms with Gasteiger partial charge in [0, 0.05) is 18.5 Å². The Kier molecular flexibility index (Phi) is 6.51. The minimum atomic E-state index is -0.225. The highest BCUT2D eigenvalue weighted by atomic mass is 16.5. The summed E-state index contributed by atoms with van der Waals surface area (Å²) in [7, 11) is 3.28. The van der Waals surface area contributed by atoms with Gasteiger partial charge in [-0.3, -0.25) is 4.79 Å². The van der Waals surface area contributed by atoms with Gasteiger partial charge in [0.1, 0.15) is 12.4 Å². The molecule has 0 atom stereocenters. The molecule has 0 bridgehead atoms. The van der Waals surface area contributed by atoms with Gasteiger partial charge in [0.15, 0.2) is 5.75 Å².